The molecule has 21 heavy (non-hydrogen) atoms. The molecule has 0 aromatic carbocycles. The minimum atomic E-state index is -3.77. The van der Waals surface area contributed by atoms with Crippen LogP contribution in [0.1, 0.15) is 65.2 Å². The predicted octanol–water partition coefficient (Wildman–Crippen LogP) is 2.39. The van der Waals surface area contributed by atoms with Crippen molar-refractivity contribution in [1.29, 1.82) is 0 Å². The van der Waals surface area contributed by atoms with E-state index in [1.807, 2.05) is 4.13 Å². The topological polar surface area (TPSA) is 80.3 Å². The largest absolute Gasteiger partial charge is 0.227 e. The molecule has 2 rings (SSSR count). The summed E-state index contributed by atoms with van der Waals surface area (Å²) in [6.07, 6.45) is 5.67. The molecule has 2 saturated carbocycles. The van der Waals surface area contributed by atoms with Crippen molar-refractivity contribution >= 4 is 20.0 Å². The second-order valence-electron chi connectivity index (χ2n) is 6.94. The fraction of sp³-hybridized carbons (Fsp3) is 1.00. The highest BCUT2D eigenvalue weighted by molar-refractivity contribution is 8.05. The van der Waals surface area contributed by atoms with Crippen LogP contribution in [0.15, 0.2) is 0 Å². The minimum Gasteiger partial charge on any atom is -0.211 e. The van der Waals surface area contributed by atoms with Gasteiger partial charge in [0, 0.05) is 0 Å². The third kappa shape index (κ3) is 4.42. The molecule has 124 valence electrons. The molecule has 0 spiro atoms. The molecule has 7 heteroatoms. The van der Waals surface area contributed by atoms with Crippen LogP contribution in [0.25, 0.3) is 0 Å². The zero-order valence-corrected chi connectivity index (χ0v) is 14.5. The average Bonchev–Trinajstić information content (AvgIpc) is 2.38. The third-order valence-corrected chi connectivity index (χ3v) is 9.59. The van der Waals surface area contributed by atoms with Crippen molar-refractivity contribution in [1.82, 2.24) is 4.13 Å². The molecule has 0 bridgehead atoms. The summed E-state index contributed by atoms with van der Waals surface area (Å²) in [5, 5.41) is -1.10. The van der Waals surface area contributed by atoms with Crippen LogP contribution in [0.4, 0.5) is 0 Å². The standard InChI is InChI=1S/C14H27NO4S2/c1-11-3-7-13(8-4-11)20(16,17)15-21(18,19)14-9-5-12(2)6-10-14/h11-15H,3-10H2,1-2H3. The smallest absolute Gasteiger partial charge is 0.211 e. The normalized spacial score (nSPS) is 35.5. The lowest BCUT2D eigenvalue weighted by atomic mass is 9.91. The van der Waals surface area contributed by atoms with Gasteiger partial charge in [-0.3, -0.25) is 0 Å². The van der Waals surface area contributed by atoms with E-state index in [4.69, 9.17) is 0 Å². The van der Waals surface area contributed by atoms with Gasteiger partial charge in [0.25, 0.3) is 0 Å². The number of rotatable bonds is 4. The van der Waals surface area contributed by atoms with E-state index in [1.54, 1.807) is 0 Å². The third-order valence-electron chi connectivity index (χ3n) is 5.04. The quantitative estimate of drug-likeness (QED) is 0.854. The van der Waals surface area contributed by atoms with Crippen LogP contribution in [0.5, 0.6) is 0 Å². The van der Waals surface area contributed by atoms with E-state index < -0.39 is 30.5 Å². The number of hydrogen-bond acceptors (Lipinski definition) is 4. The van der Waals surface area contributed by atoms with Crippen LogP contribution in [0.3, 0.4) is 0 Å². The van der Waals surface area contributed by atoms with Gasteiger partial charge in [-0.15, -0.1) is 4.13 Å². The molecular weight excluding hydrogens is 310 g/mol. The number of hydrogen-bond donors (Lipinski definition) is 1. The molecule has 5 nitrogen and oxygen atoms in total. The maximum absolute atomic E-state index is 12.3. The minimum absolute atomic E-state index is 0.535. The van der Waals surface area contributed by atoms with Gasteiger partial charge in [-0.2, -0.15) is 0 Å². The predicted molar refractivity (Wildman–Crippen MR) is 83.8 cm³/mol. The summed E-state index contributed by atoms with van der Waals surface area (Å²) in [5.41, 5.74) is 0. The van der Waals surface area contributed by atoms with Crippen molar-refractivity contribution < 1.29 is 16.8 Å². The lowest BCUT2D eigenvalue weighted by Crippen LogP contribution is -2.44. The Balaban J connectivity index is 2.01. The van der Waals surface area contributed by atoms with Crippen molar-refractivity contribution in [3.05, 3.63) is 0 Å². The van der Waals surface area contributed by atoms with E-state index >= 15 is 0 Å². The van der Waals surface area contributed by atoms with Gasteiger partial charge in [0.1, 0.15) is 0 Å². The monoisotopic (exact) mass is 337 g/mol. The summed E-state index contributed by atoms with van der Waals surface area (Å²) in [5.74, 6) is 1.07. The molecule has 1 N–H and O–H groups in total. The first-order valence-corrected chi connectivity index (χ1v) is 11.1. The van der Waals surface area contributed by atoms with Gasteiger partial charge < -0.3 is 0 Å². The Morgan fingerprint density at radius 2 is 0.905 bits per heavy atom. The average molecular weight is 338 g/mol. The van der Waals surface area contributed by atoms with Crippen molar-refractivity contribution in [2.75, 3.05) is 0 Å². The van der Waals surface area contributed by atoms with Crippen molar-refractivity contribution in [2.45, 2.75) is 75.7 Å². The highest BCUT2D eigenvalue weighted by Crippen LogP contribution is 2.30. The van der Waals surface area contributed by atoms with Gasteiger partial charge in [-0.25, -0.2) is 16.8 Å². The lowest BCUT2D eigenvalue weighted by molar-refractivity contribution is 0.378. The molecule has 0 amide bonds. The van der Waals surface area contributed by atoms with Crippen LogP contribution in [-0.4, -0.2) is 27.3 Å². The van der Waals surface area contributed by atoms with Crippen LogP contribution >= 0.6 is 0 Å². The molecular formula is C14H27NO4S2. The van der Waals surface area contributed by atoms with Crippen LogP contribution in [0.2, 0.25) is 0 Å². The molecule has 2 aliphatic carbocycles. The summed E-state index contributed by atoms with van der Waals surface area (Å²) >= 11 is 0. The Kier molecular flexibility index (Phi) is 5.36. The summed E-state index contributed by atoms with van der Waals surface area (Å²) in [6, 6.07) is 0. The molecule has 0 aliphatic heterocycles. The van der Waals surface area contributed by atoms with E-state index in [2.05, 4.69) is 13.8 Å². The zero-order chi connectivity index (χ0) is 15.7. The fourth-order valence-electron chi connectivity index (χ4n) is 3.38. The second kappa shape index (κ2) is 6.54. The van der Waals surface area contributed by atoms with Crippen molar-refractivity contribution in [3.63, 3.8) is 0 Å². The molecule has 0 aromatic rings. The van der Waals surface area contributed by atoms with Crippen molar-refractivity contribution in [2.24, 2.45) is 11.8 Å². The Labute approximate surface area is 129 Å². The molecule has 2 fully saturated rings. The molecule has 0 saturated heterocycles. The maximum atomic E-state index is 12.3. The van der Waals surface area contributed by atoms with Gasteiger partial charge in [0.15, 0.2) is 0 Å². The Hall–Kier alpha value is -0.140. The van der Waals surface area contributed by atoms with E-state index in [9.17, 15) is 16.8 Å². The Morgan fingerprint density at radius 3 is 1.19 bits per heavy atom. The fourth-order valence-corrected chi connectivity index (χ4v) is 7.55. The van der Waals surface area contributed by atoms with Gasteiger partial charge in [0.05, 0.1) is 10.5 Å². The molecule has 0 radical (unpaired) electrons. The summed E-state index contributed by atoms with van der Waals surface area (Å²) < 4.78 is 51.3. The van der Waals surface area contributed by atoms with Crippen LogP contribution in [0, 0.1) is 11.8 Å². The molecule has 0 heterocycles. The first-order chi connectivity index (χ1) is 9.71. The van der Waals surface area contributed by atoms with Gasteiger partial charge in [-0.05, 0) is 63.2 Å². The first-order valence-electron chi connectivity index (χ1n) is 7.97. The Morgan fingerprint density at radius 1 is 0.619 bits per heavy atom. The van der Waals surface area contributed by atoms with E-state index in [1.165, 1.54) is 0 Å². The second-order valence-corrected chi connectivity index (χ2v) is 11.1. The first kappa shape index (κ1) is 17.2. The number of sulfonamides is 2. The van der Waals surface area contributed by atoms with Crippen molar-refractivity contribution in [3.8, 4) is 0 Å². The molecule has 0 unspecified atom stereocenters. The molecule has 0 aromatic heterocycles. The highest BCUT2D eigenvalue weighted by Gasteiger charge is 2.37. The van der Waals surface area contributed by atoms with Gasteiger partial charge >= 0.3 is 0 Å². The van der Waals surface area contributed by atoms with Gasteiger partial charge in [-0.1, -0.05) is 13.8 Å². The van der Waals surface area contributed by atoms with Crippen LogP contribution in [-0.2, 0) is 20.0 Å². The molecule has 2 aliphatic rings. The van der Waals surface area contributed by atoms with Crippen LogP contribution < -0.4 is 4.13 Å². The van der Waals surface area contributed by atoms with E-state index in [0.29, 0.717) is 37.5 Å². The number of nitrogens with one attached hydrogen (secondary N) is 1. The SMILES string of the molecule is CC1CCC(S(=O)(=O)NS(=O)(=O)C2CCC(C)CC2)CC1. The maximum Gasteiger partial charge on any atom is 0.227 e. The van der Waals surface area contributed by atoms with E-state index in [0.717, 1.165) is 25.7 Å². The molecule has 0 atom stereocenters. The summed E-state index contributed by atoms with van der Waals surface area (Å²) in [6.45, 7) is 4.21. The lowest BCUT2D eigenvalue weighted by Gasteiger charge is -2.29. The Bertz CT molecular complexity index is 490. The summed E-state index contributed by atoms with van der Waals surface area (Å²) in [4.78, 5) is 0. The highest BCUT2D eigenvalue weighted by atomic mass is 32.3. The summed E-state index contributed by atoms with van der Waals surface area (Å²) in [7, 11) is -7.53. The zero-order valence-electron chi connectivity index (χ0n) is 12.9. The van der Waals surface area contributed by atoms with E-state index in [-0.39, 0.29) is 0 Å². The van der Waals surface area contributed by atoms with Gasteiger partial charge in [0.2, 0.25) is 20.0 Å².